The molecule has 0 atom stereocenters. The average Bonchev–Trinajstić information content (AvgIpc) is 3.43. The molecule has 0 fully saturated rings. The molecule has 6 rings (SSSR count). The molecule has 0 spiro atoms. The van der Waals surface area contributed by atoms with Crippen molar-refractivity contribution < 1.29 is 13.9 Å². The van der Waals surface area contributed by atoms with Gasteiger partial charge in [0.15, 0.2) is 5.75 Å². The number of ether oxygens (including phenoxy) is 1. The largest absolute Gasteiger partial charge is 0.478 e. The lowest BCUT2D eigenvalue weighted by molar-refractivity contribution is 0.0762. The first-order valence-electron chi connectivity index (χ1n) is 16.8. The smallest absolute Gasteiger partial charge is 0.258 e. The zero-order valence-electron chi connectivity index (χ0n) is 28.7. The van der Waals surface area contributed by atoms with Crippen LogP contribution in [-0.4, -0.2) is 40.8 Å². The van der Waals surface area contributed by atoms with Crippen LogP contribution in [0.1, 0.15) is 84.8 Å². The Kier molecular flexibility index (Phi) is 13.1. The van der Waals surface area contributed by atoms with Crippen molar-refractivity contribution in [2.75, 3.05) is 20.1 Å². The number of hydrogen-bond donors (Lipinski definition) is 0. The fourth-order valence-electron chi connectivity index (χ4n) is 5.97. The summed E-state index contributed by atoms with van der Waals surface area (Å²) < 4.78 is 20.3. The molecule has 0 aliphatic carbocycles. The van der Waals surface area contributed by atoms with E-state index in [0.717, 1.165) is 33.2 Å². The lowest BCUT2D eigenvalue weighted by Crippen LogP contribution is -2.23. The minimum atomic E-state index is -0.418. The van der Waals surface area contributed by atoms with Crippen molar-refractivity contribution in [3.8, 4) is 5.75 Å². The monoisotopic (exact) mass is 633 g/mol. The fraction of sp³-hybridized carbons (Fsp3) is 0.317. The van der Waals surface area contributed by atoms with Gasteiger partial charge >= 0.3 is 0 Å². The van der Waals surface area contributed by atoms with E-state index >= 15 is 0 Å². The predicted octanol–water partition coefficient (Wildman–Crippen LogP) is 9.77. The quantitative estimate of drug-likeness (QED) is 0.154. The molecule has 6 heteroatoms. The first-order chi connectivity index (χ1) is 22.9. The molecule has 5 nitrogen and oxygen atoms in total. The second-order valence-electron chi connectivity index (χ2n) is 11.6. The van der Waals surface area contributed by atoms with Crippen molar-refractivity contribution in [3.63, 3.8) is 0 Å². The highest BCUT2D eigenvalue weighted by Gasteiger charge is 2.35. The van der Waals surface area contributed by atoms with Gasteiger partial charge in [0.1, 0.15) is 17.4 Å². The molecule has 4 aromatic carbocycles. The van der Waals surface area contributed by atoms with Crippen LogP contribution in [0.2, 0.25) is 0 Å². The van der Waals surface area contributed by atoms with Crippen molar-refractivity contribution in [1.82, 2.24) is 14.8 Å². The maximum atomic E-state index is 13.9. The number of aromatic nitrogens is 1. The van der Waals surface area contributed by atoms with Crippen LogP contribution in [0.5, 0.6) is 5.75 Å². The first-order valence-corrected chi connectivity index (χ1v) is 16.8. The van der Waals surface area contributed by atoms with Crippen LogP contribution in [-0.2, 0) is 13.1 Å². The number of fused-ring (bicyclic) bond motifs is 2. The molecule has 1 amide bonds. The van der Waals surface area contributed by atoms with E-state index in [4.69, 9.17) is 4.74 Å². The molecule has 47 heavy (non-hydrogen) atoms. The van der Waals surface area contributed by atoms with E-state index in [-0.39, 0.29) is 11.7 Å². The molecule has 0 saturated carbocycles. The normalized spacial score (nSPS) is 12.0. The molecule has 1 aliphatic heterocycles. The number of carbonyl (C=O) groups is 1. The van der Waals surface area contributed by atoms with E-state index in [2.05, 4.69) is 30.8 Å². The molecule has 2 heterocycles. The van der Waals surface area contributed by atoms with E-state index in [1.807, 2.05) is 93.6 Å². The Morgan fingerprint density at radius 3 is 1.98 bits per heavy atom. The van der Waals surface area contributed by atoms with Gasteiger partial charge in [-0.05, 0) is 85.9 Å². The van der Waals surface area contributed by atoms with Gasteiger partial charge < -0.3 is 14.5 Å². The summed E-state index contributed by atoms with van der Waals surface area (Å²) in [5, 5.41) is 0.965. The summed E-state index contributed by atoms with van der Waals surface area (Å²) in [4.78, 5) is 22.7. The number of benzene rings is 4. The van der Waals surface area contributed by atoms with Crippen LogP contribution >= 0.6 is 0 Å². The maximum absolute atomic E-state index is 13.9. The Bertz CT molecular complexity index is 1660. The Balaban J connectivity index is 0.000000440. The zero-order valence-corrected chi connectivity index (χ0v) is 28.7. The number of aryl methyl sites for hydroxylation is 1. The summed E-state index contributed by atoms with van der Waals surface area (Å²) in [5.41, 5.74) is 6.05. The SMILES string of the molecule is CC.CCCN(C)CCC.Cc1c2c(c(OC(c3ccccc3)c3ccccc3)c3ncccc13)C(=O)N(Cc1ccc(F)cc1)C2. The fourth-order valence-corrected chi connectivity index (χ4v) is 5.97. The Labute approximate surface area is 280 Å². The second-order valence-corrected chi connectivity index (χ2v) is 11.6. The van der Waals surface area contributed by atoms with Crippen LogP contribution < -0.4 is 4.74 Å². The molecular weight excluding hydrogens is 585 g/mol. The van der Waals surface area contributed by atoms with Crippen LogP contribution in [0.4, 0.5) is 4.39 Å². The third-order valence-electron chi connectivity index (χ3n) is 8.20. The van der Waals surface area contributed by atoms with Gasteiger partial charge in [0, 0.05) is 24.7 Å². The molecule has 0 radical (unpaired) electrons. The van der Waals surface area contributed by atoms with E-state index < -0.39 is 6.10 Å². The molecular formula is C41H48FN3O2. The van der Waals surface area contributed by atoms with Crippen LogP contribution in [0.3, 0.4) is 0 Å². The van der Waals surface area contributed by atoms with Crippen molar-refractivity contribution in [1.29, 1.82) is 0 Å². The minimum Gasteiger partial charge on any atom is -0.478 e. The van der Waals surface area contributed by atoms with Gasteiger partial charge in [-0.1, -0.05) is 107 Å². The number of carbonyl (C=O) groups excluding carboxylic acids is 1. The van der Waals surface area contributed by atoms with Crippen LogP contribution in [0.25, 0.3) is 10.9 Å². The van der Waals surface area contributed by atoms with Crippen LogP contribution in [0, 0.1) is 12.7 Å². The Morgan fingerprint density at radius 2 is 1.43 bits per heavy atom. The number of hydrogen-bond acceptors (Lipinski definition) is 4. The third kappa shape index (κ3) is 8.63. The summed E-state index contributed by atoms with van der Waals surface area (Å²) in [6, 6.07) is 30.2. The summed E-state index contributed by atoms with van der Waals surface area (Å²) >= 11 is 0. The molecule has 1 aromatic heterocycles. The number of amides is 1. The Hall–Kier alpha value is -4.55. The molecule has 5 aromatic rings. The Morgan fingerprint density at radius 1 is 0.851 bits per heavy atom. The summed E-state index contributed by atoms with van der Waals surface area (Å²) in [6.45, 7) is 13.8. The standard InChI is InChI=1S/C32H25FN2O2.C7H17N.C2H6/c1-21-26-13-8-18-34-29(26)31(37-30(23-9-4-2-5-10-23)24-11-6-3-7-12-24)28-27(21)20-35(32(28)36)19-22-14-16-25(33)17-15-22;1-4-6-8(3)7-5-2;1-2/h2-18,30H,19-20H2,1H3;4-7H2,1-3H3;1-2H3. The van der Waals surface area contributed by atoms with Gasteiger partial charge in [-0.2, -0.15) is 0 Å². The molecule has 1 aliphatic rings. The van der Waals surface area contributed by atoms with Gasteiger partial charge in [0.2, 0.25) is 0 Å². The molecule has 0 saturated heterocycles. The van der Waals surface area contributed by atoms with E-state index in [0.29, 0.717) is 29.9 Å². The van der Waals surface area contributed by atoms with Gasteiger partial charge in [-0.25, -0.2) is 4.39 Å². The molecule has 0 unspecified atom stereocenters. The molecule has 0 bridgehead atoms. The second kappa shape index (κ2) is 17.4. The minimum absolute atomic E-state index is 0.107. The number of halogens is 1. The van der Waals surface area contributed by atoms with Crippen molar-refractivity contribution in [2.45, 2.75) is 66.7 Å². The topological polar surface area (TPSA) is 45.7 Å². The van der Waals surface area contributed by atoms with E-state index in [1.54, 1.807) is 23.2 Å². The first kappa shape index (κ1) is 35.3. The lowest BCUT2D eigenvalue weighted by Gasteiger charge is -2.23. The maximum Gasteiger partial charge on any atom is 0.258 e. The highest BCUT2D eigenvalue weighted by Crippen LogP contribution is 2.43. The van der Waals surface area contributed by atoms with Gasteiger partial charge in [0.05, 0.1) is 5.56 Å². The van der Waals surface area contributed by atoms with Gasteiger partial charge in [-0.3, -0.25) is 9.78 Å². The summed E-state index contributed by atoms with van der Waals surface area (Å²) in [7, 11) is 2.17. The zero-order chi connectivity index (χ0) is 33.8. The highest BCUT2D eigenvalue weighted by atomic mass is 19.1. The lowest BCUT2D eigenvalue weighted by atomic mass is 9.97. The number of pyridine rings is 1. The third-order valence-corrected chi connectivity index (χ3v) is 8.20. The highest BCUT2D eigenvalue weighted by molar-refractivity contribution is 6.07. The van der Waals surface area contributed by atoms with Gasteiger partial charge in [-0.15, -0.1) is 0 Å². The van der Waals surface area contributed by atoms with E-state index in [9.17, 15) is 9.18 Å². The summed E-state index contributed by atoms with van der Waals surface area (Å²) in [6.07, 6.45) is 3.86. The number of rotatable bonds is 10. The molecule has 246 valence electrons. The predicted molar refractivity (Wildman–Crippen MR) is 191 cm³/mol. The van der Waals surface area contributed by atoms with Crippen LogP contribution in [0.15, 0.2) is 103 Å². The average molecular weight is 634 g/mol. The molecule has 0 N–H and O–H groups in total. The number of nitrogens with zero attached hydrogens (tertiary/aromatic N) is 3. The summed E-state index contributed by atoms with van der Waals surface area (Å²) in [5.74, 6) is 0.0990. The van der Waals surface area contributed by atoms with Crippen molar-refractivity contribution in [3.05, 3.63) is 142 Å². The van der Waals surface area contributed by atoms with Crippen molar-refractivity contribution >= 4 is 16.8 Å². The van der Waals surface area contributed by atoms with E-state index in [1.165, 1.54) is 38.1 Å². The van der Waals surface area contributed by atoms with Crippen molar-refractivity contribution in [2.24, 2.45) is 0 Å². The van der Waals surface area contributed by atoms with Gasteiger partial charge in [0.25, 0.3) is 5.91 Å².